The average Bonchev–Trinajstić information content (AvgIpc) is 3.46. The Labute approximate surface area is 248 Å². The molecule has 1 atom stereocenters. The van der Waals surface area contributed by atoms with E-state index in [4.69, 9.17) is 4.74 Å². The van der Waals surface area contributed by atoms with Crippen molar-refractivity contribution in [3.63, 3.8) is 0 Å². The number of carbonyl (C=O) groups excluding carboxylic acids is 2. The van der Waals surface area contributed by atoms with E-state index in [2.05, 4.69) is 20.5 Å². The van der Waals surface area contributed by atoms with Crippen LogP contribution in [0.15, 0.2) is 103 Å². The largest absolute Gasteiger partial charge is 0.378 e. The third kappa shape index (κ3) is 6.39. The molecule has 5 aromatic rings. The topological polar surface area (TPSA) is 92.6 Å². The van der Waals surface area contributed by atoms with E-state index in [1.165, 1.54) is 33.8 Å². The van der Waals surface area contributed by atoms with Crippen LogP contribution in [0.3, 0.4) is 0 Å². The highest BCUT2D eigenvalue weighted by Crippen LogP contribution is 2.31. The number of para-hydroxylation sites is 1. The first-order valence-corrected chi connectivity index (χ1v) is 14.2. The number of rotatable bonds is 9. The van der Waals surface area contributed by atoms with E-state index in [1.807, 2.05) is 78.9 Å². The van der Waals surface area contributed by atoms with Crippen LogP contribution >= 0.6 is 0 Å². The van der Waals surface area contributed by atoms with E-state index in [9.17, 15) is 14.0 Å². The Kier molecular flexibility index (Phi) is 8.37. The lowest BCUT2D eigenvalue weighted by molar-refractivity contribution is -0.127. The van der Waals surface area contributed by atoms with Crippen LogP contribution in [0, 0.1) is 5.82 Å². The van der Waals surface area contributed by atoms with Gasteiger partial charge >= 0.3 is 0 Å². The summed E-state index contributed by atoms with van der Waals surface area (Å²) in [7, 11) is 0. The third-order valence-corrected chi connectivity index (χ3v) is 7.48. The van der Waals surface area contributed by atoms with Crippen LogP contribution in [0.25, 0.3) is 11.0 Å². The van der Waals surface area contributed by atoms with Gasteiger partial charge in [-0.1, -0.05) is 59.8 Å². The summed E-state index contributed by atoms with van der Waals surface area (Å²) in [6, 6.07) is 29.1. The number of halogens is 1. The Hall–Kier alpha value is -5.09. The van der Waals surface area contributed by atoms with E-state index in [0.717, 1.165) is 24.3 Å². The minimum atomic E-state index is -1.05. The third-order valence-electron chi connectivity index (χ3n) is 7.48. The second-order valence-corrected chi connectivity index (χ2v) is 10.3. The van der Waals surface area contributed by atoms with Crippen LogP contribution in [-0.4, -0.2) is 53.1 Å². The molecular weight excluding hydrogens is 547 g/mol. The van der Waals surface area contributed by atoms with Crippen molar-refractivity contribution < 1.29 is 18.7 Å². The van der Waals surface area contributed by atoms with Crippen molar-refractivity contribution in [2.45, 2.75) is 19.1 Å². The fraction of sp³-hybridized carbons (Fsp3) is 0.212. The highest BCUT2D eigenvalue weighted by atomic mass is 19.1. The Morgan fingerprint density at radius 3 is 2.33 bits per heavy atom. The number of nitrogens with one attached hydrogen (secondary N) is 1. The van der Waals surface area contributed by atoms with E-state index < -0.39 is 17.8 Å². The molecule has 9 nitrogen and oxygen atoms in total. The molecule has 1 N–H and O–H groups in total. The van der Waals surface area contributed by atoms with Gasteiger partial charge in [0, 0.05) is 31.0 Å². The van der Waals surface area contributed by atoms with E-state index in [-0.39, 0.29) is 19.0 Å². The summed E-state index contributed by atoms with van der Waals surface area (Å²) < 4.78 is 21.0. The van der Waals surface area contributed by atoms with Crippen LogP contribution < -0.4 is 15.1 Å². The molecule has 6 rings (SSSR count). The second-order valence-electron chi connectivity index (χ2n) is 10.3. The van der Waals surface area contributed by atoms with Crippen LogP contribution in [0.4, 0.5) is 15.8 Å². The molecule has 0 spiro atoms. The number of nitrogens with zero attached hydrogens (tertiary/aromatic N) is 5. The predicted molar refractivity (Wildman–Crippen MR) is 162 cm³/mol. The fourth-order valence-corrected chi connectivity index (χ4v) is 5.27. The standard InChI is InChI=1S/C33H31FN6O3/c34-26-12-16-28(17-13-26)40(31(41)23-39-30-9-5-4-8-29(30)36-37-39)32(33(42)35-22-24-6-2-1-3-7-24)25-10-14-27(15-11-25)38-18-20-43-21-19-38/h1-17,32H,18-23H2,(H,35,42)/t32-/m1/s1. The quantitative estimate of drug-likeness (QED) is 0.277. The minimum Gasteiger partial charge on any atom is -0.378 e. The molecule has 0 unspecified atom stereocenters. The minimum absolute atomic E-state index is 0.174. The molecular formula is C33H31FN6O3. The molecule has 1 fully saturated rings. The smallest absolute Gasteiger partial charge is 0.249 e. The Balaban J connectivity index is 1.38. The lowest BCUT2D eigenvalue weighted by Gasteiger charge is -2.32. The number of amides is 2. The lowest BCUT2D eigenvalue weighted by atomic mass is 10.0. The number of anilines is 2. The number of hydrogen-bond acceptors (Lipinski definition) is 6. The Morgan fingerprint density at radius 1 is 0.884 bits per heavy atom. The average molecular weight is 579 g/mol. The molecule has 1 aliphatic rings. The molecule has 0 bridgehead atoms. The van der Waals surface area contributed by atoms with E-state index >= 15 is 0 Å². The van der Waals surface area contributed by atoms with Crippen LogP contribution in [0.2, 0.25) is 0 Å². The van der Waals surface area contributed by atoms with Crippen LogP contribution in [0.5, 0.6) is 0 Å². The summed E-state index contributed by atoms with van der Waals surface area (Å²) in [6.07, 6.45) is 0. The summed E-state index contributed by atoms with van der Waals surface area (Å²) in [4.78, 5) is 31.9. The number of benzene rings is 4. The van der Waals surface area contributed by atoms with Crippen molar-refractivity contribution in [2.75, 3.05) is 36.1 Å². The lowest BCUT2D eigenvalue weighted by Crippen LogP contribution is -2.45. The van der Waals surface area contributed by atoms with Gasteiger partial charge in [0.05, 0.1) is 18.7 Å². The maximum Gasteiger partial charge on any atom is 0.249 e. The molecule has 2 amide bonds. The molecule has 43 heavy (non-hydrogen) atoms. The van der Waals surface area contributed by atoms with Gasteiger partial charge in [0.15, 0.2) is 0 Å². The highest BCUT2D eigenvalue weighted by molar-refractivity contribution is 6.01. The molecule has 4 aromatic carbocycles. The number of aromatic nitrogens is 3. The molecule has 2 heterocycles. The summed E-state index contributed by atoms with van der Waals surface area (Å²) in [5, 5.41) is 11.4. The normalized spacial score (nSPS) is 13.9. The molecule has 1 saturated heterocycles. The molecule has 0 saturated carbocycles. The molecule has 0 aliphatic carbocycles. The summed E-state index contributed by atoms with van der Waals surface area (Å²) in [6.45, 7) is 2.94. The number of fused-ring (bicyclic) bond motifs is 1. The van der Waals surface area contributed by atoms with E-state index in [1.54, 1.807) is 0 Å². The van der Waals surface area contributed by atoms with Gasteiger partial charge in [0.25, 0.3) is 0 Å². The summed E-state index contributed by atoms with van der Waals surface area (Å²) in [5.74, 6) is -1.22. The van der Waals surface area contributed by atoms with Crippen LogP contribution in [-0.2, 0) is 27.4 Å². The summed E-state index contributed by atoms with van der Waals surface area (Å²) in [5.41, 5.74) is 4.27. The first-order chi connectivity index (χ1) is 21.1. The zero-order valence-electron chi connectivity index (χ0n) is 23.5. The zero-order chi connectivity index (χ0) is 29.6. The molecule has 10 heteroatoms. The maximum atomic E-state index is 14.2. The number of hydrogen-bond donors (Lipinski definition) is 1. The molecule has 1 aliphatic heterocycles. The SMILES string of the molecule is O=C(NCc1ccccc1)[C@@H](c1ccc(N2CCOCC2)cc1)N(C(=O)Cn1nnc2ccccc21)c1ccc(F)cc1. The van der Waals surface area contributed by atoms with Gasteiger partial charge in [-0.15, -0.1) is 5.10 Å². The van der Waals surface area contributed by atoms with Crippen molar-refractivity contribution in [1.29, 1.82) is 0 Å². The van der Waals surface area contributed by atoms with E-state index in [0.29, 0.717) is 35.5 Å². The highest BCUT2D eigenvalue weighted by Gasteiger charge is 2.33. The number of morpholine rings is 1. The van der Waals surface area contributed by atoms with Crippen molar-refractivity contribution >= 4 is 34.2 Å². The maximum absolute atomic E-state index is 14.2. The molecule has 0 radical (unpaired) electrons. The zero-order valence-corrected chi connectivity index (χ0v) is 23.5. The second kappa shape index (κ2) is 12.8. The number of ether oxygens (including phenoxy) is 1. The number of carbonyl (C=O) groups is 2. The first kappa shape index (κ1) is 28.0. The molecule has 218 valence electrons. The van der Waals surface area contributed by atoms with Crippen molar-refractivity contribution in [1.82, 2.24) is 20.3 Å². The van der Waals surface area contributed by atoms with Gasteiger partial charge in [0.1, 0.15) is 23.9 Å². The van der Waals surface area contributed by atoms with Gasteiger partial charge in [-0.2, -0.15) is 0 Å². The van der Waals surface area contributed by atoms with Crippen molar-refractivity contribution in [3.05, 3.63) is 120 Å². The Bertz CT molecular complexity index is 1690. The monoisotopic (exact) mass is 578 g/mol. The first-order valence-electron chi connectivity index (χ1n) is 14.2. The molecule has 1 aromatic heterocycles. The summed E-state index contributed by atoms with van der Waals surface area (Å²) >= 11 is 0. The fourth-order valence-electron chi connectivity index (χ4n) is 5.27. The van der Waals surface area contributed by atoms with Crippen molar-refractivity contribution in [2.24, 2.45) is 0 Å². The van der Waals surface area contributed by atoms with Gasteiger partial charge in [-0.05, 0) is 59.7 Å². The van der Waals surface area contributed by atoms with Crippen molar-refractivity contribution in [3.8, 4) is 0 Å². The van der Waals surface area contributed by atoms with Crippen LogP contribution in [0.1, 0.15) is 17.2 Å². The van der Waals surface area contributed by atoms with Gasteiger partial charge in [-0.25, -0.2) is 9.07 Å². The Morgan fingerprint density at radius 2 is 1.58 bits per heavy atom. The predicted octanol–water partition coefficient (Wildman–Crippen LogP) is 4.50. The van der Waals surface area contributed by atoms with Gasteiger partial charge in [-0.3, -0.25) is 14.5 Å². The van der Waals surface area contributed by atoms with Gasteiger partial charge < -0.3 is 15.0 Å². The van der Waals surface area contributed by atoms with Gasteiger partial charge in [0.2, 0.25) is 11.8 Å².